The van der Waals surface area contributed by atoms with Crippen LogP contribution in [-0.4, -0.2) is 11.0 Å². The third kappa shape index (κ3) is 5.09. The highest BCUT2D eigenvalue weighted by atomic mass is 35.5. The normalized spacial score (nSPS) is 10.4. The number of anilines is 1. The minimum Gasteiger partial charge on any atom is -0.331 e. The molecule has 4 nitrogen and oxygen atoms in total. The molecule has 0 bridgehead atoms. The number of rotatable bonds is 4. The summed E-state index contributed by atoms with van der Waals surface area (Å²) in [5.74, 6) is -0.649. The second-order valence-electron chi connectivity index (χ2n) is 6.28. The van der Waals surface area contributed by atoms with Gasteiger partial charge in [0, 0.05) is 10.7 Å². The van der Waals surface area contributed by atoms with Crippen molar-refractivity contribution in [1.29, 1.82) is 0 Å². The molecule has 3 rings (SSSR count). The summed E-state index contributed by atoms with van der Waals surface area (Å²) in [6.07, 6.45) is 0. The molecule has 3 aromatic carbocycles. The third-order valence-electron chi connectivity index (χ3n) is 4.26. The van der Waals surface area contributed by atoms with Crippen LogP contribution in [0, 0.1) is 6.92 Å². The smallest absolute Gasteiger partial charge is 0.250 e. The van der Waals surface area contributed by atoms with Crippen LogP contribution in [0.5, 0.6) is 0 Å². The summed E-state index contributed by atoms with van der Waals surface area (Å²) in [6, 6.07) is 24.7. The minimum atomic E-state index is -0.449. The van der Waals surface area contributed by atoms with Crippen LogP contribution in [0.15, 0.2) is 78.9 Å². The molecular weight excluding hydrogens is 390 g/mol. The lowest BCUT2D eigenvalue weighted by Gasteiger charge is -2.19. The van der Waals surface area contributed by atoms with Crippen LogP contribution < -0.4 is 16.2 Å². The van der Waals surface area contributed by atoms with E-state index in [4.69, 9.17) is 23.8 Å². The SMILES string of the molecule is Cc1cc(Cl)ccc1NC(=S)NNC(=O)C(c1ccccc1)c1ccccc1. The molecule has 142 valence electrons. The molecule has 0 aromatic heterocycles. The van der Waals surface area contributed by atoms with Crippen molar-refractivity contribution in [3.05, 3.63) is 101 Å². The highest BCUT2D eigenvalue weighted by molar-refractivity contribution is 7.80. The number of carbonyl (C=O) groups is 1. The van der Waals surface area contributed by atoms with Crippen LogP contribution in [-0.2, 0) is 4.79 Å². The van der Waals surface area contributed by atoms with Crippen LogP contribution in [0.25, 0.3) is 0 Å². The Balaban J connectivity index is 1.69. The van der Waals surface area contributed by atoms with Crippen LogP contribution in [0.4, 0.5) is 5.69 Å². The molecule has 1 amide bonds. The molecule has 0 aliphatic rings. The van der Waals surface area contributed by atoms with E-state index in [0.29, 0.717) is 10.1 Å². The van der Waals surface area contributed by atoms with E-state index in [2.05, 4.69) is 16.2 Å². The van der Waals surface area contributed by atoms with Gasteiger partial charge >= 0.3 is 0 Å². The minimum absolute atomic E-state index is 0.200. The number of thiocarbonyl (C=S) groups is 1. The van der Waals surface area contributed by atoms with Gasteiger partial charge in [-0.25, -0.2) is 0 Å². The standard InChI is InChI=1S/C22H20ClN3OS/c1-15-14-18(23)12-13-19(15)24-22(28)26-25-21(27)20(16-8-4-2-5-9-16)17-10-6-3-7-11-17/h2-14,20H,1H3,(H,25,27)(H2,24,26,28). The fraction of sp³-hybridized carbons (Fsp3) is 0.0909. The molecule has 0 saturated heterocycles. The van der Waals surface area contributed by atoms with Crippen molar-refractivity contribution in [3.63, 3.8) is 0 Å². The maximum atomic E-state index is 12.9. The van der Waals surface area contributed by atoms with Gasteiger partial charge in [-0.1, -0.05) is 72.3 Å². The zero-order valence-corrected chi connectivity index (χ0v) is 16.8. The second-order valence-corrected chi connectivity index (χ2v) is 7.13. The topological polar surface area (TPSA) is 53.2 Å². The number of halogens is 1. The predicted octanol–water partition coefficient (Wildman–Crippen LogP) is 4.80. The maximum absolute atomic E-state index is 12.9. The Morgan fingerprint density at radius 1 is 0.893 bits per heavy atom. The predicted molar refractivity (Wildman–Crippen MR) is 118 cm³/mol. The zero-order chi connectivity index (χ0) is 19.9. The molecule has 0 radical (unpaired) electrons. The van der Waals surface area contributed by atoms with Gasteiger partial charge in [-0.15, -0.1) is 0 Å². The van der Waals surface area contributed by atoms with Crippen molar-refractivity contribution in [2.75, 3.05) is 5.32 Å². The van der Waals surface area contributed by atoms with Crippen molar-refractivity contribution in [1.82, 2.24) is 10.9 Å². The summed E-state index contributed by atoms with van der Waals surface area (Å²) in [6.45, 7) is 1.93. The molecule has 0 fully saturated rings. The number of hydrogen-bond acceptors (Lipinski definition) is 2. The van der Waals surface area contributed by atoms with Crippen molar-refractivity contribution in [2.24, 2.45) is 0 Å². The maximum Gasteiger partial charge on any atom is 0.250 e. The summed E-state index contributed by atoms with van der Waals surface area (Å²) in [5, 5.41) is 4.00. The van der Waals surface area contributed by atoms with Gasteiger partial charge in [0.1, 0.15) is 0 Å². The van der Waals surface area contributed by atoms with Gasteiger partial charge in [0.25, 0.3) is 0 Å². The first-order valence-corrected chi connectivity index (χ1v) is 9.56. The lowest BCUT2D eigenvalue weighted by Crippen LogP contribution is -2.46. The Labute approximate surface area is 174 Å². The number of nitrogens with one attached hydrogen (secondary N) is 3. The third-order valence-corrected chi connectivity index (χ3v) is 4.70. The molecule has 0 spiro atoms. The monoisotopic (exact) mass is 409 g/mol. The number of aryl methyl sites for hydroxylation is 1. The number of hydrazine groups is 1. The van der Waals surface area contributed by atoms with E-state index in [0.717, 1.165) is 22.4 Å². The molecule has 6 heteroatoms. The van der Waals surface area contributed by atoms with E-state index in [9.17, 15) is 4.79 Å². The Bertz CT molecular complexity index is 925. The van der Waals surface area contributed by atoms with Crippen LogP contribution >= 0.6 is 23.8 Å². The summed E-state index contributed by atoms with van der Waals surface area (Å²) in [4.78, 5) is 12.9. The number of hydrogen-bond donors (Lipinski definition) is 3. The van der Waals surface area contributed by atoms with E-state index >= 15 is 0 Å². The van der Waals surface area contributed by atoms with Crippen molar-refractivity contribution >= 4 is 40.5 Å². The van der Waals surface area contributed by atoms with Crippen LogP contribution in [0.2, 0.25) is 5.02 Å². The summed E-state index contributed by atoms with van der Waals surface area (Å²) >= 11 is 11.3. The first kappa shape index (κ1) is 19.9. The Kier molecular flexibility index (Phi) is 6.63. The van der Waals surface area contributed by atoms with Crippen molar-refractivity contribution in [3.8, 4) is 0 Å². The molecule has 0 saturated carbocycles. The fourth-order valence-corrected chi connectivity index (χ4v) is 3.29. The van der Waals surface area contributed by atoms with E-state index in [1.807, 2.05) is 79.7 Å². The summed E-state index contributed by atoms with van der Waals surface area (Å²) in [7, 11) is 0. The van der Waals surface area contributed by atoms with Gasteiger partial charge in [-0.3, -0.25) is 15.6 Å². The first-order chi connectivity index (χ1) is 13.5. The van der Waals surface area contributed by atoms with Crippen LogP contribution in [0.1, 0.15) is 22.6 Å². The molecule has 0 aliphatic heterocycles. The molecular formula is C22H20ClN3OS. The van der Waals surface area contributed by atoms with Gasteiger partial charge < -0.3 is 5.32 Å². The summed E-state index contributed by atoms with van der Waals surface area (Å²) < 4.78 is 0. The Hall–Kier alpha value is -2.89. The average molecular weight is 410 g/mol. The molecule has 28 heavy (non-hydrogen) atoms. The highest BCUT2D eigenvalue weighted by Gasteiger charge is 2.22. The Morgan fingerprint density at radius 2 is 1.46 bits per heavy atom. The van der Waals surface area contributed by atoms with Crippen LogP contribution in [0.3, 0.4) is 0 Å². The van der Waals surface area contributed by atoms with Crippen molar-refractivity contribution in [2.45, 2.75) is 12.8 Å². The molecule has 3 N–H and O–H groups in total. The highest BCUT2D eigenvalue weighted by Crippen LogP contribution is 2.24. The lowest BCUT2D eigenvalue weighted by molar-refractivity contribution is -0.122. The second kappa shape index (κ2) is 9.35. The number of benzene rings is 3. The molecule has 3 aromatic rings. The molecule has 0 atom stereocenters. The van der Waals surface area contributed by atoms with E-state index in [1.165, 1.54) is 0 Å². The van der Waals surface area contributed by atoms with Gasteiger partial charge in [-0.05, 0) is 54.0 Å². The van der Waals surface area contributed by atoms with E-state index < -0.39 is 5.92 Å². The molecule has 0 aliphatic carbocycles. The van der Waals surface area contributed by atoms with Crippen molar-refractivity contribution < 1.29 is 4.79 Å². The average Bonchev–Trinajstić information content (AvgIpc) is 2.70. The van der Waals surface area contributed by atoms with E-state index in [1.54, 1.807) is 6.07 Å². The van der Waals surface area contributed by atoms with E-state index in [-0.39, 0.29) is 5.91 Å². The van der Waals surface area contributed by atoms with Gasteiger partial charge in [-0.2, -0.15) is 0 Å². The quantitative estimate of drug-likeness (QED) is 0.428. The van der Waals surface area contributed by atoms with Gasteiger partial charge in [0.05, 0.1) is 5.92 Å². The largest absolute Gasteiger partial charge is 0.331 e. The summed E-state index contributed by atoms with van der Waals surface area (Å²) in [5.41, 5.74) is 9.07. The lowest BCUT2D eigenvalue weighted by atomic mass is 9.91. The molecule has 0 heterocycles. The van der Waals surface area contributed by atoms with Gasteiger partial charge in [0.15, 0.2) is 5.11 Å². The zero-order valence-electron chi connectivity index (χ0n) is 15.3. The number of carbonyl (C=O) groups excluding carboxylic acids is 1. The van der Waals surface area contributed by atoms with Gasteiger partial charge in [0.2, 0.25) is 5.91 Å². The number of amides is 1. The fourth-order valence-electron chi connectivity index (χ4n) is 2.90. The molecule has 0 unspecified atom stereocenters. The Morgan fingerprint density at radius 3 is 2.00 bits per heavy atom. The first-order valence-electron chi connectivity index (χ1n) is 8.77.